The molecule has 0 bridgehead atoms. The summed E-state index contributed by atoms with van der Waals surface area (Å²) in [5, 5.41) is 14.9. The molecule has 1 N–H and O–H groups in total. The third kappa shape index (κ3) is 4.64. The number of hydrogen-bond acceptors (Lipinski definition) is 8. The minimum Gasteiger partial charge on any atom is -0.619 e. The number of aromatic nitrogens is 5. The zero-order valence-corrected chi connectivity index (χ0v) is 18.9. The molecule has 0 radical (unpaired) electrons. The van der Waals surface area contributed by atoms with Crippen LogP contribution in [0, 0.1) is 5.21 Å². The van der Waals surface area contributed by atoms with Crippen LogP contribution in [-0.4, -0.2) is 50.5 Å². The van der Waals surface area contributed by atoms with E-state index in [0.717, 1.165) is 0 Å². The Bertz CT molecular complexity index is 1320. The highest BCUT2D eigenvalue weighted by Crippen LogP contribution is 2.25. The molecule has 0 aliphatic heterocycles. The smallest absolute Gasteiger partial charge is 0.263 e. The first-order chi connectivity index (χ1) is 16.5. The molecule has 0 saturated heterocycles. The Balaban J connectivity index is 1.86. The van der Waals surface area contributed by atoms with Crippen molar-refractivity contribution in [1.29, 1.82) is 0 Å². The van der Waals surface area contributed by atoms with Crippen molar-refractivity contribution in [2.75, 3.05) is 20.1 Å². The van der Waals surface area contributed by atoms with Gasteiger partial charge in [-0.1, -0.05) is 6.92 Å². The van der Waals surface area contributed by atoms with Crippen molar-refractivity contribution in [3.8, 4) is 0 Å². The fourth-order valence-corrected chi connectivity index (χ4v) is 3.85. The van der Waals surface area contributed by atoms with Gasteiger partial charge in [0.2, 0.25) is 0 Å². The van der Waals surface area contributed by atoms with Crippen molar-refractivity contribution in [2.45, 2.75) is 25.9 Å². The second-order valence-corrected chi connectivity index (χ2v) is 7.68. The standard InChI is InChI=1S/C23H25N7O4/c1-3-19(29(12-9-24-2)22(31)16-6-10-28(33)11-7-16)21-27-20-18(5-4-8-26-20)23(32)30(21)14-17-13-25-15-34-17/h4-8,10-11,13,15,19,24H,3,9,12,14H2,1-2H3. The van der Waals surface area contributed by atoms with Crippen LogP contribution < -0.4 is 15.6 Å². The molecule has 1 amide bonds. The first kappa shape index (κ1) is 23.1. The number of carbonyl (C=O) groups is 1. The summed E-state index contributed by atoms with van der Waals surface area (Å²) >= 11 is 0. The summed E-state index contributed by atoms with van der Waals surface area (Å²) in [5.41, 5.74) is 0.392. The summed E-state index contributed by atoms with van der Waals surface area (Å²) in [6.07, 6.45) is 7.47. The van der Waals surface area contributed by atoms with Crippen LogP contribution in [0.5, 0.6) is 0 Å². The van der Waals surface area contributed by atoms with Gasteiger partial charge in [0.15, 0.2) is 24.4 Å². The van der Waals surface area contributed by atoms with Gasteiger partial charge < -0.3 is 19.8 Å². The zero-order valence-electron chi connectivity index (χ0n) is 18.9. The van der Waals surface area contributed by atoms with E-state index in [-0.39, 0.29) is 18.0 Å². The highest BCUT2D eigenvalue weighted by atomic mass is 16.5. The fraction of sp³-hybridized carbons (Fsp3) is 0.304. The molecule has 0 fully saturated rings. The van der Waals surface area contributed by atoms with Gasteiger partial charge in [0.25, 0.3) is 11.5 Å². The summed E-state index contributed by atoms with van der Waals surface area (Å²) in [6, 6.07) is 5.77. The third-order valence-corrected chi connectivity index (χ3v) is 5.53. The monoisotopic (exact) mass is 463 g/mol. The van der Waals surface area contributed by atoms with Gasteiger partial charge >= 0.3 is 0 Å². The summed E-state index contributed by atoms with van der Waals surface area (Å²) < 4.78 is 7.52. The van der Waals surface area contributed by atoms with Crippen LogP contribution in [0.2, 0.25) is 0 Å². The summed E-state index contributed by atoms with van der Waals surface area (Å²) in [6.45, 7) is 2.92. The molecule has 176 valence electrons. The lowest BCUT2D eigenvalue weighted by atomic mass is 10.1. The van der Waals surface area contributed by atoms with E-state index in [4.69, 9.17) is 9.40 Å². The molecule has 1 unspecified atom stereocenters. The van der Waals surface area contributed by atoms with Crippen LogP contribution in [0.25, 0.3) is 11.0 Å². The van der Waals surface area contributed by atoms with E-state index in [0.29, 0.717) is 52.4 Å². The number of rotatable bonds is 9. The van der Waals surface area contributed by atoms with Gasteiger partial charge in [0.05, 0.1) is 29.7 Å². The first-order valence-corrected chi connectivity index (χ1v) is 10.9. The zero-order chi connectivity index (χ0) is 24.1. The van der Waals surface area contributed by atoms with Crippen LogP contribution in [-0.2, 0) is 6.54 Å². The van der Waals surface area contributed by atoms with E-state index < -0.39 is 6.04 Å². The second-order valence-electron chi connectivity index (χ2n) is 7.68. The number of amides is 1. The molecule has 0 saturated carbocycles. The number of oxazole rings is 1. The number of nitrogens with zero attached hydrogens (tertiary/aromatic N) is 6. The van der Waals surface area contributed by atoms with Crippen LogP contribution in [0.4, 0.5) is 0 Å². The molecule has 11 heteroatoms. The van der Waals surface area contributed by atoms with Crippen LogP contribution in [0.15, 0.2) is 64.7 Å². The van der Waals surface area contributed by atoms with Crippen LogP contribution >= 0.6 is 0 Å². The van der Waals surface area contributed by atoms with Gasteiger partial charge in [0.1, 0.15) is 11.6 Å². The lowest BCUT2D eigenvalue weighted by Gasteiger charge is -2.32. The topological polar surface area (TPSA) is 133 Å². The quantitative estimate of drug-likeness (QED) is 0.290. The van der Waals surface area contributed by atoms with Crippen LogP contribution in [0.1, 0.15) is 41.3 Å². The Labute approximate surface area is 195 Å². The molecular formula is C23H25N7O4. The third-order valence-electron chi connectivity index (χ3n) is 5.53. The normalized spacial score (nSPS) is 12.1. The number of fused-ring (bicyclic) bond motifs is 1. The fourth-order valence-electron chi connectivity index (χ4n) is 3.85. The Kier molecular flexibility index (Phi) is 6.93. The molecule has 34 heavy (non-hydrogen) atoms. The lowest BCUT2D eigenvalue weighted by Crippen LogP contribution is -2.42. The SMILES string of the molecule is CCC(c1nc2ncccc2c(=O)n1Cc1cnco1)N(CCNC)C(=O)c1cc[n+]([O-])cc1. The van der Waals surface area contributed by atoms with E-state index >= 15 is 0 Å². The van der Waals surface area contributed by atoms with Gasteiger partial charge in [-0.05, 0) is 25.6 Å². The Morgan fingerprint density at radius 3 is 2.79 bits per heavy atom. The molecule has 0 spiro atoms. The van der Waals surface area contributed by atoms with E-state index in [1.807, 2.05) is 6.92 Å². The molecule has 0 aliphatic rings. The second kappa shape index (κ2) is 10.2. The molecule has 4 aromatic heterocycles. The highest BCUT2D eigenvalue weighted by Gasteiger charge is 2.29. The minimum absolute atomic E-state index is 0.109. The molecule has 4 rings (SSSR count). The van der Waals surface area contributed by atoms with E-state index in [2.05, 4.69) is 15.3 Å². The van der Waals surface area contributed by atoms with Crippen LogP contribution in [0.3, 0.4) is 0 Å². The van der Waals surface area contributed by atoms with Crippen molar-refractivity contribution in [1.82, 2.24) is 29.7 Å². The van der Waals surface area contributed by atoms with E-state index in [9.17, 15) is 14.8 Å². The Hall–Kier alpha value is -4.12. The number of carbonyl (C=O) groups excluding carboxylic acids is 1. The van der Waals surface area contributed by atoms with Crippen molar-refractivity contribution in [2.24, 2.45) is 0 Å². The van der Waals surface area contributed by atoms with Gasteiger partial charge in [-0.15, -0.1) is 0 Å². The Morgan fingerprint density at radius 1 is 1.32 bits per heavy atom. The number of likely N-dealkylation sites (N-methyl/N-ethyl adjacent to an activating group) is 1. The van der Waals surface area contributed by atoms with Crippen molar-refractivity contribution in [3.63, 3.8) is 0 Å². The summed E-state index contributed by atoms with van der Waals surface area (Å²) in [7, 11) is 1.80. The molecular weight excluding hydrogens is 438 g/mol. The largest absolute Gasteiger partial charge is 0.619 e. The number of pyridine rings is 2. The maximum Gasteiger partial charge on any atom is 0.263 e. The molecule has 0 aliphatic carbocycles. The predicted molar refractivity (Wildman–Crippen MR) is 123 cm³/mol. The maximum absolute atomic E-state index is 13.5. The average molecular weight is 463 g/mol. The molecule has 4 aromatic rings. The first-order valence-electron chi connectivity index (χ1n) is 10.9. The lowest BCUT2D eigenvalue weighted by molar-refractivity contribution is -0.605. The van der Waals surface area contributed by atoms with Gasteiger partial charge in [-0.3, -0.25) is 14.2 Å². The summed E-state index contributed by atoms with van der Waals surface area (Å²) in [5.74, 6) is 0.609. The van der Waals surface area contributed by atoms with Crippen molar-refractivity contribution >= 4 is 16.9 Å². The predicted octanol–water partition coefficient (Wildman–Crippen LogP) is 1.27. The highest BCUT2D eigenvalue weighted by molar-refractivity contribution is 5.94. The number of nitrogens with one attached hydrogen (secondary N) is 1. The molecule has 11 nitrogen and oxygen atoms in total. The average Bonchev–Trinajstić information content (AvgIpc) is 3.37. The van der Waals surface area contributed by atoms with Gasteiger partial charge in [0, 0.05) is 31.4 Å². The number of hydrogen-bond donors (Lipinski definition) is 1. The van der Waals surface area contributed by atoms with Gasteiger partial charge in [-0.25, -0.2) is 15.0 Å². The minimum atomic E-state index is -0.539. The molecule has 4 heterocycles. The molecule has 1 atom stereocenters. The van der Waals surface area contributed by atoms with E-state index in [1.54, 1.807) is 30.3 Å². The maximum atomic E-state index is 13.5. The Morgan fingerprint density at radius 2 is 2.12 bits per heavy atom. The van der Waals surface area contributed by atoms with Crippen molar-refractivity contribution in [3.05, 3.63) is 88.2 Å². The van der Waals surface area contributed by atoms with Gasteiger partial charge in [-0.2, -0.15) is 4.73 Å². The summed E-state index contributed by atoms with van der Waals surface area (Å²) in [4.78, 5) is 41.6. The van der Waals surface area contributed by atoms with E-state index in [1.165, 1.54) is 41.7 Å². The van der Waals surface area contributed by atoms with Crippen molar-refractivity contribution < 1.29 is 13.9 Å². The molecule has 0 aromatic carbocycles.